The molecule has 28 heavy (non-hydrogen) atoms. The summed E-state index contributed by atoms with van der Waals surface area (Å²) in [5.41, 5.74) is 3.24. The third kappa shape index (κ3) is 3.58. The molecule has 0 fully saturated rings. The maximum absolute atomic E-state index is 6.46. The fraction of sp³-hybridized carbons (Fsp3) is 0.227. The van der Waals surface area contributed by atoms with Crippen LogP contribution in [0.25, 0.3) is 33.7 Å². The Hall–Kier alpha value is -2.92. The Morgan fingerprint density at radius 3 is 2.86 bits per heavy atom. The second-order valence-corrected chi connectivity index (χ2v) is 7.04. The van der Waals surface area contributed by atoms with Gasteiger partial charge in [0.25, 0.3) is 5.89 Å². The average molecular weight is 394 g/mol. The molecule has 0 radical (unpaired) electrons. The molecule has 0 saturated heterocycles. The lowest BCUT2D eigenvalue weighted by molar-refractivity contribution is 0.310. The van der Waals surface area contributed by atoms with Crippen molar-refractivity contribution in [3.63, 3.8) is 0 Å². The lowest BCUT2D eigenvalue weighted by atomic mass is 10.1. The molecule has 6 heteroatoms. The number of pyridine rings is 1. The number of benzene rings is 2. The highest BCUT2D eigenvalue weighted by atomic mass is 35.5. The molecular weight excluding hydrogens is 374 g/mol. The number of aryl methyl sites for hydroxylation is 1. The minimum atomic E-state index is 0.338. The fourth-order valence-electron chi connectivity index (χ4n) is 3.03. The van der Waals surface area contributed by atoms with E-state index < -0.39 is 0 Å². The van der Waals surface area contributed by atoms with Crippen molar-refractivity contribution in [1.29, 1.82) is 0 Å². The van der Waals surface area contributed by atoms with E-state index in [1.807, 2.05) is 43.3 Å². The topological polar surface area (TPSA) is 61.0 Å². The van der Waals surface area contributed by atoms with Crippen LogP contribution in [0.1, 0.15) is 25.3 Å². The molecule has 0 N–H and O–H groups in total. The molecule has 0 amide bonds. The number of ether oxygens (including phenoxy) is 1. The summed E-state index contributed by atoms with van der Waals surface area (Å²) in [4.78, 5) is 9.12. The predicted octanol–water partition coefficient (Wildman–Crippen LogP) is 6.09. The van der Waals surface area contributed by atoms with Crippen molar-refractivity contribution in [2.24, 2.45) is 0 Å². The van der Waals surface area contributed by atoms with Gasteiger partial charge < -0.3 is 9.26 Å². The third-order valence-corrected chi connectivity index (χ3v) is 4.78. The summed E-state index contributed by atoms with van der Waals surface area (Å²) >= 11 is 6.46. The van der Waals surface area contributed by atoms with Gasteiger partial charge in [-0.25, -0.2) is 0 Å². The molecule has 0 aliphatic carbocycles. The Bertz CT molecular complexity index is 1120. The number of rotatable bonds is 6. The van der Waals surface area contributed by atoms with Gasteiger partial charge in [0.05, 0.1) is 28.3 Å². The second kappa shape index (κ2) is 7.98. The van der Waals surface area contributed by atoms with Crippen molar-refractivity contribution < 1.29 is 9.26 Å². The van der Waals surface area contributed by atoms with E-state index in [2.05, 4.69) is 28.1 Å². The van der Waals surface area contributed by atoms with Crippen LogP contribution >= 0.6 is 11.6 Å². The average Bonchev–Trinajstić information content (AvgIpc) is 3.18. The van der Waals surface area contributed by atoms with Crippen molar-refractivity contribution in [2.75, 3.05) is 6.61 Å². The number of nitrogens with zero attached hydrogens (tertiary/aromatic N) is 3. The Morgan fingerprint density at radius 1 is 1.14 bits per heavy atom. The summed E-state index contributed by atoms with van der Waals surface area (Å²) in [7, 11) is 0. The van der Waals surface area contributed by atoms with E-state index in [9.17, 15) is 0 Å². The highest BCUT2D eigenvalue weighted by Crippen LogP contribution is 2.35. The largest absolute Gasteiger partial charge is 0.493 e. The Balaban J connectivity index is 1.76. The molecule has 0 aliphatic rings. The van der Waals surface area contributed by atoms with Gasteiger partial charge in [0.2, 0.25) is 5.82 Å². The highest BCUT2D eigenvalue weighted by Gasteiger charge is 2.19. The molecule has 0 atom stereocenters. The summed E-state index contributed by atoms with van der Waals surface area (Å²) in [6, 6.07) is 13.5. The van der Waals surface area contributed by atoms with Crippen LogP contribution in [-0.2, 0) is 0 Å². The quantitative estimate of drug-likeness (QED) is 0.371. The van der Waals surface area contributed by atoms with Crippen LogP contribution in [0.3, 0.4) is 0 Å². The zero-order valence-electron chi connectivity index (χ0n) is 15.8. The van der Waals surface area contributed by atoms with Crippen molar-refractivity contribution >= 4 is 22.5 Å². The molecule has 5 nitrogen and oxygen atoms in total. The van der Waals surface area contributed by atoms with Crippen molar-refractivity contribution in [1.82, 2.24) is 15.1 Å². The summed E-state index contributed by atoms with van der Waals surface area (Å²) in [6.07, 6.45) is 3.86. The number of fused-ring (bicyclic) bond motifs is 1. The Kier molecular flexibility index (Phi) is 5.26. The standard InChI is InChI=1S/C22H20ClN3O2/c1-3-4-11-27-18-8-6-5-7-16(18)21-25-22(28-26-21)19-17(23)10-9-15-12-14(2)13-24-20(15)19/h5-10,12-13H,3-4,11H2,1-2H3. The summed E-state index contributed by atoms with van der Waals surface area (Å²) < 4.78 is 11.5. The van der Waals surface area contributed by atoms with Crippen molar-refractivity contribution in [2.45, 2.75) is 26.7 Å². The van der Waals surface area contributed by atoms with Gasteiger partial charge in [-0.3, -0.25) is 4.98 Å². The van der Waals surface area contributed by atoms with Crippen LogP contribution in [0.2, 0.25) is 5.02 Å². The molecule has 0 saturated carbocycles. The zero-order valence-corrected chi connectivity index (χ0v) is 16.5. The molecule has 0 bridgehead atoms. The molecule has 0 unspecified atom stereocenters. The fourth-order valence-corrected chi connectivity index (χ4v) is 3.26. The van der Waals surface area contributed by atoms with Crippen molar-refractivity contribution in [3.8, 4) is 28.6 Å². The van der Waals surface area contributed by atoms with Crippen LogP contribution in [0.5, 0.6) is 5.75 Å². The number of halogens is 1. The monoisotopic (exact) mass is 393 g/mol. The van der Waals surface area contributed by atoms with Crippen molar-refractivity contribution in [3.05, 3.63) is 59.2 Å². The first kappa shape index (κ1) is 18.4. The van der Waals surface area contributed by atoms with Gasteiger partial charge in [-0.05, 0) is 43.2 Å². The van der Waals surface area contributed by atoms with Gasteiger partial charge in [0.15, 0.2) is 0 Å². The zero-order chi connectivity index (χ0) is 19.5. The lowest BCUT2D eigenvalue weighted by Crippen LogP contribution is -1.98. The van der Waals surface area contributed by atoms with Crippen LogP contribution < -0.4 is 4.74 Å². The summed E-state index contributed by atoms with van der Waals surface area (Å²) in [5.74, 6) is 1.54. The van der Waals surface area contributed by atoms with E-state index in [1.165, 1.54) is 0 Å². The number of hydrogen-bond donors (Lipinski definition) is 0. The normalized spacial score (nSPS) is 11.1. The van der Waals surface area contributed by atoms with Gasteiger partial charge in [-0.2, -0.15) is 4.98 Å². The first-order valence-electron chi connectivity index (χ1n) is 9.28. The van der Waals surface area contributed by atoms with Crippen LogP contribution in [0, 0.1) is 6.92 Å². The molecule has 142 valence electrons. The van der Waals surface area contributed by atoms with Crippen LogP contribution in [0.15, 0.2) is 53.2 Å². The summed E-state index contributed by atoms with van der Waals surface area (Å²) in [6.45, 7) is 4.78. The number of para-hydroxylation sites is 1. The summed E-state index contributed by atoms with van der Waals surface area (Å²) in [5, 5.41) is 5.66. The lowest BCUT2D eigenvalue weighted by Gasteiger charge is -2.08. The van der Waals surface area contributed by atoms with Gasteiger partial charge in [0, 0.05) is 11.6 Å². The van der Waals surface area contributed by atoms with E-state index in [4.69, 9.17) is 20.9 Å². The van der Waals surface area contributed by atoms with Gasteiger partial charge >= 0.3 is 0 Å². The SMILES string of the molecule is CCCCOc1ccccc1-c1noc(-c2c(Cl)ccc3cc(C)cnc23)n1. The molecule has 2 heterocycles. The van der Waals surface area contributed by atoms with Gasteiger partial charge in [-0.1, -0.05) is 48.3 Å². The van der Waals surface area contributed by atoms with Gasteiger partial charge in [-0.15, -0.1) is 0 Å². The smallest absolute Gasteiger partial charge is 0.261 e. The molecule has 2 aromatic carbocycles. The molecule has 4 rings (SSSR count). The number of aromatic nitrogens is 3. The van der Waals surface area contributed by atoms with E-state index in [1.54, 1.807) is 6.20 Å². The number of unbranched alkanes of at least 4 members (excludes halogenated alkanes) is 1. The van der Waals surface area contributed by atoms with E-state index in [0.29, 0.717) is 28.9 Å². The maximum Gasteiger partial charge on any atom is 0.261 e. The second-order valence-electron chi connectivity index (χ2n) is 6.63. The minimum absolute atomic E-state index is 0.338. The minimum Gasteiger partial charge on any atom is -0.493 e. The van der Waals surface area contributed by atoms with Crippen LogP contribution in [-0.4, -0.2) is 21.7 Å². The molecule has 2 aromatic heterocycles. The van der Waals surface area contributed by atoms with E-state index >= 15 is 0 Å². The highest BCUT2D eigenvalue weighted by molar-refractivity contribution is 6.34. The Morgan fingerprint density at radius 2 is 2.00 bits per heavy atom. The van der Waals surface area contributed by atoms with E-state index in [0.717, 1.165) is 40.6 Å². The first-order valence-corrected chi connectivity index (χ1v) is 9.66. The van der Waals surface area contributed by atoms with Gasteiger partial charge in [0.1, 0.15) is 5.75 Å². The van der Waals surface area contributed by atoms with E-state index in [-0.39, 0.29) is 0 Å². The Labute approximate surface area is 168 Å². The van der Waals surface area contributed by atoms with Crippen LogP contribution in [0.4, 0.5) is 0 Å². The third-order valence-electron chi connectivity index (χ3n) is 4.46. The molecule has 4 aromatic rings. The maximum atomic E-state index is 6.46. The molecule has 0 aliphatic heterocycles. The molecule has 0 spiro atoms. The predicted molar refractivity (Wildman–Crippen MR) is 111 cm³/mol. The first-order chi connectivity index (χ1) is 13.7. The number of hydrogen-bond acceptors (Lipinski definition) is 5. The molecular formula is C22H20ClN3O2.